The molecular weight excluding hydrogens is 314 g/mol. The molecule has 0 unspecified atom stereocenters. The van der Waals surface area contributed by atoms with Gasteiger partial charge < -0.3 is 10.1 Å². The van der Waals surface area contributed by atoms with E-state index in [-0.39, 0.29) is 17.9 Å². The zero-order valence-electron chi connectivity index (χ0n) is 14.6. The molecule has 1 aliphatic rings. The zero-order valence-corrected chi connectivity index (χ0v) is 14.6. The number of anilines is 1. The van der Waals surface area contributed by atoms with Crippen LogP contribution >= 0.6 is 0 Å². The van der Waals surface area contributed by atoms with Crippen LogP contribution in [0.15, 0.2) is 42.6 Å². The van der Waals surface area contributed by atoms with Crippen molar-refractivity contribution in [2.24, 2.45) is 0 Å². The molecule has 5 nitrogen and oxygen atoms in total. The third-order valence-electron chi connectivity index (χ3n) is 4.85. The van der Waals surface area contributed by atoms with Gasteiger partial charge in [0.2, 0.25) is 5.91 Å². The molecule has 1 aliphatic heterocycles. The van der Waals surface area contributed by atoms with Crippen molar-refractivity contribution in [3.8, 4) is 5.75 Å². The number of rotatable bonds is 3. The number of methoxy groups -OCH3 is 1. The number of hydrogen-bond donors (Lipinski definition) is 1. The molecule has 1 N–H and O–H groups in total. The van der Waals surface area contributed by atoms with Gasteiger partial charge in [-0.3, -0.25) is 4.79 Å². The molecule has 0 bridgehead atoms. The highest BCUT2D eigenvalue weighted by Crippen LogP contribution is 2.42. The maximum absolute atomic E-state index is 12.4. The Bertz CT molecular complexity index is 959. The van der Waals surface area contributed by atoms with Crippen LogP contribution in [0.4, 0.5) is 5.82 Å². The van der Waals surface area contributed by atoms with Gasteiger partial charge in [-0.15, -0.1) is 0 Å². The van der Waals surface area contributed by atoms with Gasteiger partial charge in [-0.1, -0.05) is 30.3 Å². The molecule has 0 fully saturated rings. The summed E-state index contributed by atoms with van der Waals surface area (Å²) in [6, 6.07) is 12.4. The van der Waals surface area contributed by atoms with Crippen molar-refractivity contribution in [2.45, 2.75) is 32.2 Å². The predicted molar refractivity (Wildman–Crippen MR) is 98.2 cm³/mol. The number of nitrogens with one attached hydrogen (secondary N) is 1. The van der Waals surface area contributed by atoms with Crippen molar-refractivity contribution in [3.05, 3.63) is 53.7 Å². The van der Waals surface area contributed by atoms with Crippen LogP contribution in [0, 0.1) is 0 Å². The van der Waals surface area contributed by atoms with Gasteiger partial charge in [0.25, 0.3) is 0 Å². The van der Waals surface area contributed by atoms with Gasteiger partial charge in [0.1, 0.15) is 11.6 Å². The molecule has 1 aromatic heterocycles. The molecule has 128 valence electrons. The van der Waals surface area contributed by atoms with Crippen LogP contribution in [0.1, 0.15) is 43.4 Å². The second-order valence-electron chi connectivity index (χ2n) is 6.69. The molecule has 3 aromatic rings. The number of ether oxygens (including phenoxy) is 1. The van der Waals surface area contributed by atoms with E-state index in [1.54, 1.807) is 7.11 Å². The molecule has 0 radical (unpaired) electrons. The molecule has 1 amide bonds. The summed E-state index contributed by atoms with van der Waals surface area (Å²) in [7, 11) is 1.68. The van der Waals surface area contributed by atoms with Gasteiger partial charge >= 0.3 is 0 Å². The number of hydrogen-bond acceptors (Lipinski definition) is 3. The van der Waals surface area contributed by atoms with Gasteiger partial charge in [-0.25, -0.2) is 4.68 Å². The van der Waals surface area contributed by atoms with E-state index in [1.807, 2.05) is 29.1 Å². The molecule has 0 spiro atoms. The van der Waals surface area contributed by atoms with Crippen LogP contribution in [-0.4, -0.2) is 22.8 Å². The lowest BCUT2D eigenvalue weighted by atomic mass is 9.84. The van der Waals surface area contributed by atoms with Crippen molar-refractivity contribution < 1.29 is 9.53 Å². The smallest absolute Gasteiger partial charge is 0.226 e. The summed E-state index contributed by atoms with van der Waals surface area (Å²) in [5, 5.41) is 9.67. The van der Waals surface area contributed by atoms with Crippen LogP contribution < -0.4 is 10.1 Å². The van der Waals surface area contributed by atoms with E-state index in [0.717, 1.165) is 33.5 Å². The third-order valence-corrected chi connectivity index (χ3v) is 4.85. The lowest BCUT2D eigenvalue weighted by Crippen LogP contribution is -2.25. The highest BCUT2D eigenvalue weighted by Gasteiger charge is 2.31. The number of aromatic nitrogens is 2. The fourth-order valence-corrected chi connectivity index (χ4v) is 3.68. The first kappa shape index (κ1) is 15.7. The van der Waals surface area contributed by atoms with Crippen molar-refractivity contribution in [2.75, 3.05) is 12.4 Å². The van der Waals surface area contributed by atoms with Crippen LogP contribution in [0.25, 0.3) is 10.8 Å². The average Bonchev–Trinajstić information content (AvgIpc) is 3.04. The molecule has 1 atom stereocenters. The molecule has 0 saturated carbocycles. The van der Waals surface area contributed by atoms with Gasteiger partial charge in [0.05, 0.1) is 13.3 Å². The molecule has 25 heavy (non-hydrogen) atoms. The Morgan fingerprint density at radius 2 is 1.92 bits per heavy atom. The fraction of sp³-hybridized carbons (Fsp3) is 0.300. The van der Waals surface area contributed by atoms with Gasteiger partial charge in [0, 0.05) is 29.3 Å². The summed E-state index contributed by atoms with van der Waals surface area (Å²) in [6.45, 7) is 4.12. The Hall–Kier alpha value is -2.82. The Morgan fingerprint density at radius 1 is 1.16 bits per heavy atom. The highest BCUT2D eigenvalue weighted by atomic mass is 16.5. The SMILES string of the molecule is COc1ccc([C@@H]2CC(=O)Nc3c2cnn3C(C)C)c2ccccc12. The predicted octanol–water partition coefficient (Wildman–Crippen LogP) is 4.10. The number of nitrogens with zero attached hydrogens (tertiary/aromatic N) is 2. The van der Waals surface area contributed by atoms with Crippen LogP contribution in [0.3, 0.4) is 0 Å². The van der Waals surface area contributed by atoms with Crippen molar-refractivity contribution >= 4 is 22.5 Å². The molecular formula is C20H21N3O2. The summed E-state index contributed by atoms with van der Waals surface area (Å²) < 4.78 is 7.38. The quantitative estimate of drug-likeness (QED) is 0.784. The van der Waals surface area contributed by atoms with E-state index >= 15 is 0 Å². The summed E-state index contributed by atoms with van der Waals surface area (Å²) in [5.74, 6) is 1.68. The lowest BCUT2D eigenvalue weighted by Gasteiger charge is -2.26. The van der Waals surface area contributed by atoms with Gasteiger partial charge in [-0.05, 0) is 30.9 Å². The van der Waals surface area contributed by atoms with Crippen LogP contribution in [0.2, 0.25) is 0 Å². The van der Waals surface area contributed by atoms with E-state index in [2.05, 4.69) is 42.5 Å². The molecule has 2 heterocycles. The van der Waals surface area contributed by atoms with Crippen LogP contribution in [-0.2, 0) is 4.79 Å². The largest absolute Gasteiger partial charge is 0.496 e. The highest BCUT2D eigenvalue weighted by molar-refractivity contribution is 5.97. The summed E-state index contributed by atoms with van der Waals surface area (Å²) >= 11 is 0. The first-order valence-electron chi connectivity index (χ1n) is 8.53. The maximum Gasteiger partial charge on any atom is 0.226 e. The number of fused-ring (bicyclic) bond motifs is 2. The minimum atomic E-state index is -0.00736. The normalized spacial score (nSPS) is 16.8. The Balaban J connectivity index is 1.92. The number of benzene rings is 2. The minimum Gasteiger partial charge on any atom is -0.496 e. The van der Waals surface area contributed by atoms with E-state index < -0.39 is 0 Å². The minimum absolute atomic E-state index is 0.00736. The maximum atomic E-state index is 12.4. The third kappa shape index (κ3) is 2.47. The standard InChI is InChI=1S/C20H21N3O2/c1-12(2)23-20-17(11-21-23)16(10-19(24)22-20)14-8-9-18(25-3)15-7-5-4-6-13(14)15/h4-9,11-12,16H,10H2,1-3H3,(H,22,24)/t16-/m0/s1. The van der Waals surface area contributed by atoms with Gasteiger partial charge in [0.15, 0.2) is 0 Å². The first-order chi connectivity index (χ1) is 12.1. The van der Waals surface area contributed by atoms with Gasteiger partial charge in [-0.2, -0.15) is 5.10 Å². The average molecular weight is 335 g/mol. The molecule has 0 saturated heterocycles. The number of amides is 1. The molecule has 4 rings (SSSR count). The lowest BCUT2D eigenvalue weighted by molar-refractivity contribution is -0.116. The van der Waals surface area contributed by atoms with E-state index in [4.69, 9.17) is 4.74 Å². The Kier molecular flexibility index (Phi) is 3.71. The number of carbonyl (C=O) groups is 1. The summed E-state index contributed by atoms with van der Waals surface area (Å²) in [6.07, 6.45) is 2.31. The first-order valence-corrected chi connectivity index (χ1v) is 8.53. The monoisotopic (exact) mass is 335 g/mol. The second kappa shape index (κ2) is 5.92. The Morgan fingerprint density at radius 3 is 2.64 bits per heavy atom. The Labute approximate surface area is 146 Å². The van der Waals surface area contributed by atoms with Crippen molar-refractivity contribution in [3.63, 3.8) is 0 Å². The number of carbonyl (C=O) groups excluding carboxylic acids is 1. The van der Waals surface area contributed by atoms with E-state index in [0.29, 0.717) is 6.42 Å². The topological polar surface area (TPSA) is 56.1 Å². The zero-order chi connectivity index (χ0) is 17.6. The summed E-state index contributed by atoms with van der Waals surface area (Å²) in [5.41, 5.74) is 2.21. The molecule has 0 aliphatic carbocycles. The van der Waals surface area contributed by atoms with Crippen LogP contribution in [0.5, 0.6) is 5.75 Å². The van der Waals surface area contributed by atoms with E-state index in [9.17, 15) is 4.79 Å². The van der Waals surface area contributed by atoms with Crippen molar-refractivity contribution in [1.82, 2.24) is 9.78 Å². The fourth-order valence-electron chi connectivity index (χ4n) is 3.68. The second-order valence-corrected chi connectivity index (χ2v) is 6.69. The summed E-state index contributed by atoms with van der Waals surface area (Å²) in [4.78, 5) is 12.4. The van der Waals surface area contributed by atoms with E-state index in [1.165, 1.54) is 0 Å². The van der Waals surface area contributed by atoms with Crippen molar-refractivity contribution in [1.29, 1.82) is 0 Å². The molecule has 5 heteroatoms. The molecule has 2 aromatic carbocycles.